The number of nitrogens with one attached hydrogen (secondary N) is 1. The van der Waals surface area contributed by atoms with E-state index in [1.807, 2.05) is 6.07 Å². The van der Waals surface area contributed by atoms with E-state index in [9.17, 15) is 9.59 Å². The highest BCUT2D eigenvalue weighted by Gasteiger charge is 2.18. The van der Waals surface area contributed by atoms with Crippen molar-refractivity contribution in [3.63, 3.8) is 0 Å². The number of amides is 2. The van der Waals surface area contributed by atoms with E-state index in [2.05, 4.69) is 10.2 Å². The molecule has 3 N–H and O–H groups in total. The van der Waals surface area contributed by atoms with E-state index < -0.39 is 5.91 Å². The fourth-order valence-corrected chi connectivity index (χ4v) is 3.57. The Morgan fingerprint density at radius 1 is 1.00 bits per heavy atom. The van der Waals surface area contributed by atoms with Gasteiger partial charge in [-0.05, 0) is 54.8 Å². The standard InChI is InChI=1S/C23H27N3O5/c1-29-19-12-15(13-20(30-2)22(19)31-3)6-9-21(27)25-17-14-16(23(24)28)7-8-18(17)26-10-4-5-11-26/h6-9,12-14H,4-5,10-11H2,1-3H3,(H2,24,28)(H,25,27)/b9-6+. The van der Waals surface area contributed by atoms with Gasteiger partial charge in [0.15, 0.2) is 11.5 Å². The van der Waals surface area contributed by atoms with Crippen molar-refractivity contribution in [3.8, 4) is 17.2 Å². The van der Waals surface area contributed by atoms with Gasteiger partial charge in [0.25, 0.3) is 0 Å². The minimum Gasteiger partial charge on any atom is -0.493 e. The molecule has 2 aromatic carbocycles. The smallest absolute Gasteiger partial charge is 0.248 e. The van der Waals surface area contributed by atoms with Crippen LogP contribution in [0.4, 0.5) is 11.4 Å². The maximum Gasteiger partial charge on any atom is 0.248 e. The molecule has 1 aliphatic heterocycles. The number of hydrogen-bond acceptors (Lipinski definition) is 6. The van der Waals surface area contributed by atoms with Gasteiger partial charge in [-0.3, -0.25) is 9.59 Å². The Kier molecular flexibility index (Phi) is 7.02. The molecule has 0 aliphatic carbocycles. The third-order valence-electron chi connectivity index (χ3n) is 5.10. The zero-order valence-electron chi connectivity index (χ0n) is 17.9. The first-order chi connectivity index (χ1) is 15.0. The van der Waals surface area contributed by atoms with Crippen LogP contribution in [0.1, 0.15) is 28.8 Å². The van der Waals surface area contributed by atoms with Crippen molar-refractivity contribution in [2.75, 3.05) is 44.6 Å². The van der Waals surface area contributed by atoms with Crippen molar-refractivity contribution >= 4 is 29.3 Å². The molecule has 0 radical (unpaired) electrons. The number of nitrogens with zero attached hydrogens (tertiary/aromatic N) is 1. The molecule has 2 amide bonds. The lowest BCUT2D eigenvalue weighted by Crippen LogP contribution is -2.21. The largest absolute Gasteiger partial charge is 0.493 e. The summed E-state index contributed by atoms with van der Waals surface area (Å²) < 4.78 is 16.0. The molecule has 31 heavy (non-hydrogen) atoms. The van der Waals surface area contributed by atoms with Crippen LogP contribution in [0.15, 0.2) is 36.4 Å². The summed E-state index contributed by atoms with van der Waals surface area (Å²) in [6.45, 7) is 1.81. The van der Waals surface area contributed by atoms with E-state index in [1.54, 1.807) is 30.3 Å². The topological polar surface area (TPSA) is 103 Å². The summed E-state index contributed by atoms with van der Waals surface area (Å²) in [6.07, 6.45) is 5.23. The lowest BCUT2D eigenvalue weighted by atomic mass is 10.1. The number of carbonyl (C=O) groups excluding carboxylic acids is 2. The molecule has 1 aliphatic rings. The number of rotatable bonds is 8. The Labute approximate surface area is 181 Å². The highest BCUT2D eigenvalue weighted by atomic mass is 16.5. The zero-order chi connectivity index (χ0) is 22.4. The molecule has 0 aromatic heterocycles. The molecule has 8 nitrogen and oxygen atoms in total. The van der Waals surface area contributed by atoms with E-state index in [-0.39, 0.29) is 5.91 Å². The van der Waals surface area contributed by atoms with Gasteiger partial charge >= 0.3 is 0 Å². The number of nitrogens with two attached hydrogens (primary N) is 1. The van der Waals surface area contributed by atoms with Gasteiger partial charge in [-0.1, -0.05) is 0 Å². The van der Waals surface area contributed by atoms with Crippen LogP contribution in [0.25, 0.3) is 6.08 Å². The van der Waals surface area contributed by atoms with Crippen molar-refractivity contribution in [3.05, 3.63) is 47.5 Å². The third-order valence-corrected chi connectivity index (χ3v) is 5.10. The Balaban J connectivity index is 1.84. The van der Waals surface area contributed by atoms with Crippen LogP contribution in [-0.4, -0.2) is 46.2 Å². The summed E-state index contributed by atoms with van der Waals surface area (Å²) in [5.41, 5.74) is 7.89. The van der Waals surface area contributed by atoms with Crippen LogP contribution in [0.3, 0.4) is 0 Å². The molecule has 1 fully saturated rings. The van der Waals surface area contributed by atoms with E-state index in [0.29, 0.717) is 34.1 Å². The van der Waals surface area contributed by atoms with Gasteiger partial charge < -0.3 is 30.2 Å². The molecular weight excluding hydrogens is 398 g/mol. The number of benzene rings is 2. The van der Waals surface area contributed by atoms with Crippen molar-refractivity contribution in [2.45, 2.75) is 12.8 Å². The summed E-state index contributed by atoms with van der Waals surface area (Å²) in [5, 5.41) is 2.87. The van der Waals surface area contributed by atoms with E-state index in [4.69, 9.17) is 19.9 Å². The Morgan fingerprint density at radius 2 is 1.65 bits per heavy atom. The van der Waals surface area contributed by atoms with Crippen molar-refractivity contribution < 1.29 is 23.8 Å². The quantitative estimate of drug-likeness (QED) is 0.630. The minimum absolute atomic E-state index is 0.337. The van der Waals surface area contributed by atoms with Crippen LogP contribution in [0.2, 0.25) is 0 Å². The van der Waals surface area contributed by atoms with Crippen LogP contribution in [0.5, 0.6) is 17.2 Å². The summed E-state index contributed by atoms with van der Waals surface area (Å²) in [7, 11) is 4.59. The lowest BCUT2D eigenvalue weighted by molar-refractivity contribution is -0.111. The molecule has 3 rings (SSSR count). The molecule has 1 saturated heterocycles. The first kappa shape index (κ1) is 22.0. The van der Waals surface area contributed by atoms with Crippen LogP contribution < -0.4 is 30.2 Å². The molecule has 0 atom stereocenters. The fourth-order valence-electron chi connectivity index (χ4n) is 3.57. The molecular formula is C23H27N3O5. The maximum absolute atomic E-state index is 12.6. The fraction of sp³-hybridized carbons (Fsp3) is 0.304. The lowest BCUT2D eigenvalue weighted by Gasteiger charge is -2.22. The second-order valence-electron chi connectivity index (χ2n) is 7.07. The molecule has 2 aromatic rings. The molecule has 0 unspecified atom stereocenters. The highest BCUT2D eigenvalue weighted by molar-refractivity contribution is 6.05. The third kappa shape index (κ3) is 5.09. The normalized spacial score (nSPS) is 13.3. The molecule has 164 valence electrons. The van der Waals surface area contributed by atoms with Gasteiger partial charge in [-0.25, -0.2) is 0 Å². The van der Waals surface area contributed by atoms with Crippen molar-refractivity contribution in [1.82, 2.24) is 0 Å². The van der Waals surface area contributed by atoms with Gasteiger partial charge in [0.05, 0.1) is 32.7 Å². The van der Waals surface area contributed by atoms with Gasteiger partial charge in [0, 0.05) is 24.7 Å². The van der Waals surface area contributed by atoms with Gasteiger partial charge in [0.1, 0.15) is 0 Å². The molecule has 0 spiro atoms. The van der Waals surface area contributed by atoms with Gasteiger partial charge in [0.2, 0.25) is 17.6 Å². The first-order valence-electron chi connectivity index (χ1n) is 9.94. The monoisotopic (exact) mass is 425 g/mol. The molecule has 1 heterocycles. The summed E-state index contributed by atoms with van der Waals surface area (Å²) >= 11 is 0. The van der Waals surface area contributed by atoms with Gasteiger partial charge in [-0.15, -0.1) is 0 Å². The second-order valence-corrected chi connectivity index (χ2v) is 7.07. The minimum atomic E-state index is -0.545. The number of ether oxygens (including phenoxy) is 3. The Hall–Kier alpha value is -3.68. The molecule has 8 heteroatoms. The number of hydrogen-bond donors (Lipinski definition) is 2. The van der Waals surface area contributed by atoms with Gasteiger partial charge in [-0.2, -0.15) is 0 Å². The highest BCUT2D eigenvalue weighted by Crippen LogP contribution is 2.38. The number of carbonyl (C=O) groups is 2. The van der Waals surface area contributed by atoms with Crippen LogP contribution in [0, 0.1) is 0 Å². The average molecular weight is 425 g/mol. The predicted octanol–water partition coefficient (Wildman–Crippen LogP) is 3.06. The SMILES string of the molecule is COc1cc(/C=C/C(=O)Nc2cc(C(N)=O)ccc2N2CCCC2)cc(OC)c1OC. The van der Waals surface area contributed by atoms with Crippen molar-refractivity contribution in [1.29, 1.82) is 0 Å². The van der Waals surface area contributed by atoms with Crippen molar-refractivity contribution in [2.24, 2.45) is 5.73 Å². The summed E-state index contributed by atoms with van der Waals surface area (Å²) in [5.74, 6) is 0.581. The number of primary amides is 1. The summed E-state index contributed by atoms with van der Waals surface area (Å²) in [4.78, 5) is 26.4. The predicted molar refractivity (Wildman–Crippen MR) is 120 cm³/mol. The van der Waals surface area contributed by atoms with Crippen LogP contribution >= 0.6 is 0 Å². The molecule has 0 bridgehead atoms. The van der Waals surface area contributed by atoms with E-state index in [1.165, 1.54) is 27.4 Å². The Bertz CT molecular complexity index is 972. The van der Waals surface area contributed by atoms with E-state index >= 15 is 0 Å². The second kappa shape index (κ2) is 9.88. The summed E-state index contributed by atoms with van der Waals surface area (Å²) in [6, 6.07) is 8.60. The van der Waals surface area contributed by atoms with E-state index in [0.717, 1.165) is 31.6 Å². The van der Waals surface area contributed by atoms with Crippen LogP contribution in [-0.2, 0) is 4.79 Å². The number of methoxy groups -OCH3 is 3. The zero-order valence-corrected chi connectivity index (χ0v) is 17.9. The molecule has 0 saturated carbocycles. The first-order valence-corrected chi connectivity index (χ1v) is 9.94. The Morgan fingerprint density at radius 3 is 2.19 bits per heavy atom. The number of anilines is 2. The average Bonchev–Trinajstić information content (AvgIpc) is 3.31. The maximum atomic E-state index is 12.6.